The van der Waals surface area contributed by atoms with Crippen LogP contribution in [0.3, 0.4) is 0 Å². The van der Waals surface area contributed by atoms with Crippen LogP contribution in [0.5, 0.6) is 0 Å². The fourth-order valence-corrected chi connectivity index (χ4v) is 1.43. The molecule has 0 aromatic heterocycles. The van der Waals surface area contributed by atoms with E-state index in [9.17, 15) is 9.00 Å². The summed E-state index contributed by atoms with van der Waals surface area (Å²) in [7, 11) is 0. The van der Waals surface area contributed by atoms with E-state index in [1.807, 2.05) is 6.92 Å². The van der Waals surface area contributed by atoms with Gasteiger partial charge in [-0.2, -0.15) is 4.31 Å². The maximum absolute atomic E-state index is 10.8. The number of anilines is 1. The van der Waals surface area contributed by atoms with Crippen LogP contribution in [-0.2, 0) is 11.3 Å². The summed E-state index contributed by atoms with van der Waals surface area (Å²) in [6.07, 6.45) is 0. The van der Waals surface area contributed by atoms with Crippen LogP contribution in [0.2, 0.25) is 0 Å². The van der Waals surface area contributed by atoms with Gasteiger partial charge >= 0.3 is 6.03 Å². The van der Waals surface area contributed by atoms with Gasteiger partial charge in [-0.3, -0.25) is 4.55 Å². The maximum Gasteiger partial charge on any atom is 0.333 e. The first-order chi connectivity index (χ1) is 6.52. The highest BCUT2D eigenvalue weighted by Gasteiger charge is 2.17. The fourth-order valence-electron chi connectivity index (χ4n) is 0.975. The standard InChI is InChI=1S/C8H10N2O3S/c1-6-2-4-7(5-3-6)10(8(9)11)14(12)13/h2-5H,1H3,(H2,9,11)(H,12,13). The molecule has 0 spiro atoms. The van der Waals surface area contributed by atoms with Crippen molar-refractivity contribution in [1.82, 2.24) is 0 Å². The number of aryl methyl sites for hydroxylation is 1. The van der Waals surface area contributed by atoms with Gasteiger partial charge in [0.25, 0.3) is 11.3 Å². The zero-order valence-electron chi connectivity index (χ0n) is 7.51. The number of carbonyl (C=O) groups is 1. The maximum atomic E-state index is 10.8. The lowest BCUT2D eigenvalue weighted by Crippen LogP contribution is -2.36. The highest BCUT2D eigenvalue weighted by molar-refractivity contribution is 7.81. The summed E-state index contributed by atoms with van der Waals surface area (Å²) in [5.74, 6) is 0. The summed E-state index contributed by atoms with van der Waals surface area (Å²) in [6, 6.07) is 5.58. The molecule has 1 aromatic carbocycles. The molecule has 6 heteroatoms. The number of amides is 2. The minimum atomic E-state index is -2.43. The molecule has 2 amide bonds. The Labute approximate surface area is 83.9 Å². The van der Waals surface area contributed by atoms with Crippen molar-refractivity contribution < 1.29 is 13.6 Å². The van der Waals surface area contributed by atoms with Crippen molar-refractivity contribution in [3.8, 4) is 0 Å². The van der Waals surface area contributed by atoms with E-state index in [0.29, 0.717) is 9.99 Å². The third kappa shape index (κ3) is 2.30. The number of urea groups is 1. The molecule has 0 aliphatic rings. The lowest BCUT2D eigenvalue weighted by atomic mass is 10.2. The highest BCUT2D eigenvalue weighted by Crippen LogP contribution is 2.15. The molecule has 1 aromatic rings. The van der Waals surface area contributed by atoms with Gasteiger partial charge in [0.05, 0.1) is 5.69 Å². The first-order valence-corrected chi connectivity index (χ1v) is 4.86. The van der Waals surface area contributed by atoms with Crippen LogP contribution in [0.15, 0.2) is 24.3 Å². The largest absolute Gasteiger partial charge is 0.350 e. The molecule has 0 saturated heterocycles. The van der Waals surface area contributed by atoms with Crippen LogP contribution in [0.4, 0.5) is 10.5 Å². The Kier molecular flexibility index (Phi) is 3.21. The van der Waals surface area contributed by atoms with E-state index in [-0.39, 0.29) is 0 Å². The molecule has 0 saturated carbocycles. The van der Waals surface area contributed by atoms with Crippen LogP contribution in [0.25, 0.3) is 0 Å². The molecular formula is C8H10N2O3S. The summed E-state index contributed by atoms with van der Waals surface area (Å²) in [4.78, 5) is 10.8. The third-order valence-electron chi connectivity index (χ3n) is 1.62. The lowest BCUT2D eigenvalue weighted by molar-refractivity contribution is 0.256. The van der Waals surface area contributed by atoms with Gasteiger partial charge in [-0.15, -0.1) is 0 Å². The summed E-state index contributed by atoms with van der Waals surface area (Å²) in [6.45, 7) is 1.87. The Morgan fingerprint density at radius 3 is 2.29 bits per heavy atom. The van der Waals surface area contributed by atoms with Gasteiger partial charge in [0.15, 0.2) is 0 Å². The molecule has 0 aliphatic carbocycles. The minimum absolute atomic E-state index is 0.295. The van der Waals surface area contributed by atoms with Crippen LogP contribution in [0.1, 0.15) is 5.56 Å². The summed E-state index contributed by atoms with van der Waals surface area (Å²) >= 11 is -2.43. The van der Waals surface area contributed by atoms with Crippen molar-refractivity contribution in [2.75, 3.05) is 4.31 Å². The van der Waals surface area contributed by atoms with Gasteiger partial charge in [-0.1, -0.05) is 17.7 Å². The minimum Gasteiger partial charge on any atom is -0.350 e. The normalized spacial score (nSPS) is 12.1. The highest BCUT2D eigenvalue weighted by atomic mass is 32.2. The van der Waals surface area contributed by atoms with Crippen molar-refractivity contribution in [2.24, 2.45) is 5.73 Å². The van der Waals surface area contributed by atoms with E-state index in [1.54, 1.807) is 24.3 Å². The van der Waals surface area contributed by atoms with Crippen molar-refractivity contribution in [3.63, 3.8) is 0 Å². The molecule has 1 unspecified atom stereocenters. The topological polar surface area (TPSA) is 83.6 Å². The molecule has 14 heavy (non-hydrogen) atoms. The van der Waals surface area contributed by atoms with E-state index >= 15 is 0 Å². The summed E-state index contributed by atoms with van der Waals surface area (Å²) in [5, 5.41) is 0. The third-order valence-corrected chi connectivity index (χ3v) is 2.33. The molecule has 0 radical (unpaired) electrons. The van der Waals surface area contributed by atoms with Gasteiger partial charge < -0.3 is 5.73 Å². The van der Waals surface area contributed by atoms with E-state index < -0.39 is 17.3 Å². The quantitative estimate of drug-likeness (QED) is 0.721. The van der Waals surface area contributed by atoms with Crippen molar-refractivity contribution in [1.29, 1.82) is 0 Å². The monoisotopic (exact) mass is 214 g/mol. The lowest BCUT2D eigenvalue weighted by Gasteiger charge is -2.14. The first-order valence-electron chi connectivity index (χ1n) is 3.79. The zero-order valence-corrected chi connectivity index (χ0v) is 8.32. The summed E-state index contributed by atoms with van der Waals surface area (Å²) < 4.78 is 20.2. The van der Waals surface area contributed by atoms with Crippen LogP contribution >= 0.6 is 0 Å². The Hall–Kier alpha value is -1.40. The fraction of sp³-hybridized carbons (Fsp3) is 0.125. The molecular weight excluding hydrogens is 204 g/mol. The second kappa shape index (κ2) is 4.21. The predicted molar refractivity (Wildman–Crippen MR) is 54.0 cm³/mol. The summed E-state index contributed by atoms with van der Waals surface area (Å²) in [5.41, 5.74) is 6.22. The van der Waals surface area contributed by atoms with Gasteiger partial charge in [0.1, 0.15) is 0 Å². The molecule has 5 nitrogen and oxygen atoms in total. The number of carbonyl (C=O) groups excluding carboxylic acids is 1. The number of benzene rings is 1. The van der Waals surface area contributed by atoms with Crippen molar-refractivity contribution >= 4 is 23.0 Å². The smallest absolute Gasteiger partial charge is 0.333 e. The van der Waals surface area contributed by atoms with Gasteiger partial charge in [-0.25, -0.2) is 9.00 Å². The molecule has 3 N–H and O–H groups in total. The Morgan fingerprint density at radius 2 is 1.93 bits per heavy atom. The van der Waals surface area contributed by atoms with Gasteiger partial charge in [-0.05, 0) is 19.1 Å². The average Bonchev–Trinajstić information content (AvgIpc) is 2.07. The number of hydrogen-bond acceptors (Lipinski definition) is 2. The number of hydrogen-bond donors (Lipinski definition) is 2. The molecule has 0 bridgehead atoms. The molecule has 76 valence electrons. The van der Waals surface area contributed by atoms with E-state index in [1.165, 1.54) is 0 Å². The molecule has 1 atom stereocenters. The Morgan fingerprint density at radius 1 is 1.43 bits per heavy atom. The predicted octanol–water partition coefficient (Wildman–Crippen LogP) is 1.02. The second-order valence-corrected chi connectivity index (χ2v) is 3.53. The van der Waals surface area contributed by atoms with Gasteiger partial charge in [0.2, 0.25) is 0 Å². The molecule has 0 aliphatic heterocycles. The molecule has 1 rings (SSSR count). The number of nitrogens with two attached hydrogens (primary N) is 1. The number of nitrogens with zero attached hydrogens (tertiary/aromatic N) is 1. The molecule has 0 heterocycles. The van der Waals surface area contributed by atoms with Crippen molar-refractivity contribution in [2.45, 2.75) is 6.92 Å². The van der Waals surface area contributed by atoms with Gasteiger partial charge in [0, 0.05) is 0 Å². The van der Waals surface area contributed by atoms with Crippen LogP contribution < -0.4 is 10.0 Å². The Balaban J connectivity index is 3.06. The zero-order chi connectivity index (χ0) is 10.7. The van der Waals surface area contributed by atoms with E-state index in [4.69, 9.17) is 10.3 Å². The van der Waals surface area contributed by atoms with Crippen LogP contribution in [0, 0.1) is 6.92 Å². The SMILES string of the molecule is Cc1ccc(N(C(N)=O)S(=O)O)cc1. The van der Waals surface area contributed by atoms with Crippen molar-refractivity contribution in [3.05, 3.63) is 29.8 Å². The molecule has 0 fully saturated rings. The first kappa shape index (κ1) is 10.7. The van der Waals surface area contributed by atoms with E-state index in [0.717, 1.165) is 5.56 Å². The Bertz CT molecular complexity index is 349. The average molecular weight is 214 g/mol. The number of rotatable bonds is 2. The second-order valence-electron chi connectivity index (χ2n) is 2.70. The number of primary amides is 1. The van der Waals surface area contributed by atoms with E-state index in [2.05, 4.69) is 0 Å². The van der Waals surface area contributed by atoms with Crippen LogP contribution in [-0.4, -0.2) is 14.8 Å².